The predicted molar refractivity (Wildman–Crippen MR) is 90.0 cm³/mol. The monoisotopic (exact) mass is 315 g/mol. The van der Waals surface area contributed by atoms with Gasteiger partial charge in [-0.15, -0.1) is 0 Å². The van der Waals surface area contributed by atoms with E-state index in [4.69, 9.17) is 16.3 Å². The van der Waals surface area contributed by atoms with Gasteiger partial charge in [-0.3, -0.25) is 4.79 Å². The van der Waals surface area contributed by atoms with E-state index in [1.165, 1.54) is 6.08 Å². The zero-order chi connectivity index (χ0) is 15.9. The van der Waals surface area contributed by atoms with Crippen LogP contribution in [0.3, 0.4) is 0 Å². The molecule has 0 heterocycles. The lowest BCUT2D eigenvalue weighted by molar-refractivity contribution is -0.117. The maximum atomic E-state index is 12.0. The van der Waals surface area contributed by atoms with Crippen molar-refractivity contribution in [3.05, 3.63) is 70.8 Å². The van der Waals surface area contributed by atoms with Crippen molar-refractivity contribution in [3.63, 3.8) is 0 Å². The zero-order valence-electron chi connectivity index (χ0n) is 12.5. The molecule has 1 amide bonds. The average molecular weight is 316 g/mol. The topological polar surface area (TPSA) is 38.3 Å². The van der Waals surface area contributed by atoms with E-state index in [0.29, 0.717) is 5.02 Å². The minimum absolute atomic E-state index is 0.156. The van der Waals surface area contributed by atoms with Crippen molar-refractivity contribution in [2.24, 2.45) is 0 Å². The summed E-state index contributed by atoms with van der Waals surface area (Å²) >= 11 is 6.13. The van der Waals surface area contributed by atoms with Crippen molar-refractivity contribution >= 4 is 23.6 Å². The third kappa shape index (κ3) is 4.37. The van der Waals surface area contributed by atoms with E-state index in [1.54, 1.807) is 13.2 Å². The fraction of sp³-hybridized carbons (Fsp3) is 0.167. The molecule has 3 nitrogen and oxygen atoms in total. The molecule has 0 bridgehead atoms. The Bertz CT molecular complexity index is 682. The van der Waals surface area contributed by atoms with Crippen LogP contribution in [0.25, 0.3) is 6.08 Å². The Balaban J connectivity index is 2.00. The number of halogens is 1. The van der Waals surface area contributed by atoms with E-state index in [-0.39, 0.29) is 11.9 Å². The molecule has 0 aliphatic carbocycles. The van der Waals surface area contributed by atoms with Crippen LogP contribution in [0.15, 0.2) is 54.6 Å². The van der Waals surface area contributed by atoms with Gasteiger partial charge in [-0.1, -0.05) is 41.9 Å². The van der Waals surface area contributed by atoms with Crippen LogP contribution in [0.4, 0.5) is 0 Å². The standard InChI is InChI=1S/C18H18ClNO2/c1-13(16-8-3-4-9-17(16)19)20-18(21)11-10-14-6-5-7-15(12-14)22-2/h3-13H,1-2H3,(H,20,21)/b11-10+. The molecule has 2 rings (SSSR count). The normalized spacial score (nSPS) is 12.1. The molecule has 0 saturated carbocycles. The first-order valence-electron chi connectivity index (χ1n) is 6.97. The fourth-order valence-electron chi connectivity index (χ4n) is 2.08. The Morgan fingerprint density at radius 3 is 2.73 bits per heavy atom. The summed E-state index contributed by atoms with van der Waals surface area (Å²) in [7, 11) is 1.61. The van der Waals surface area contributed by atoms with Crippen molar-refractivity contribution in [2.75, 3.05) is 7.11 Å². The molecule has 0 aromatic heterocycles. The van der Waals surface area contributed by atoms with E-state index >= 15 is 0 Å². The molecule has 4 heteroatoms. The predicted octanol–water partition coefficient (Wildman–Crippen LogP) is 4.24. The van der Waals surface area contributed by atoms with Crippen LogP contribution < -0.4 is 10.1 Å². The second-order valence-electron chi connectivity index (χ2n) is 4.86. The van der Waals surface area contributed by atoms with Gasteiger partial charge in [-0.25, -0.2) is 0 Å². The van der Waals surface area contributed by atoms with Gasteiger partial charge in [0.1, 0.15) is 5.75 Å². The fourth-order valence-corrected chi connectivity index (χ4v) is 2.38. The third-order valence-electron chi connectivity index (χ3n) is 3.25. The van der Waals surface area contributed by atoms with Crippen molar-refractivity contribution in [2.45, 2.75) is 13.0 Å². The van der Waals surface area contributed by atoms with Crippen molar-refractivity contribution in [1.82, 2.24) is 5.32 Å². The number of rotatable bonds is 5. The molecule has 1 N–H and O–H groups in total. The zero-order valence-corrected chi connectivity index (χ0v) is 13.3. The Labute approximate surface area is 135 Å². The summed E-state index contributed by atoms with van der Waals surface area (Å²) in [5.41, 5.74) is 1.80. The molecule has 2 aromatic rings. The van der Waals surface area contributed by atoms with Crippen LogP contribution in [0.5, 0.6) is 5.75 Å². The number of ether oxygens (including phenoxy) is 1. The summed E-state index contributed by atoms with van der Waals surface area (Å²) in [5, 5.41) is 3.54. The van der Waals surface area contributed by atoms with Crippen molar-refractivity contribution in [1.29, 1.82) is 0 Å². The number of nitrogens with one attached hydrogen (secondary N) is 1. The first-order valence-corrected chi connectivity index (χ1v) is 7.35. The largest absolute Gasteiger partial charge is 0.497 e. The summed E-state index contributed by atoms with van der Waals surface area (Å²) in [6.45, 7) is 1.90. The van der Waals surface area contributed by atoms with Gasteiger partial charge in [0.25, 0.3) is 0 Å². The minimum atomic E-state index is -0.171. The van der Waals surface area contributed by atoms with Gasteiger partial charge in [-0.05, 0) is 42.3 Å². The van der Waals surface area contributed by atoms with Crippen molar-refractivity contribution < 1.29 is 9.53 Å². The summed E-state index contributed by atoms with van der Waals surface area (Å²) in [5.74, 6) is 0.585. The highest BCUT2D eigenvalue weighted by molar-refractivity contribution is 6.31. The summed E-state index contributed by atoms with van der Waals surface area (Å²) in [6, 6.07) is 14.8. The first-order chi connectivity index (χ1) is 10.6. The van der Waals surface area contributed by atoms with Crippen LogP contribution in [0.2, 0.25) is 5.02 Å². The molecule has 0 radical (unpaired) electrons. The van der Waals surface area contributed by atoms with E-state index < -0.39 is 0 Å². The van der Waals surface area contributed by atoms with Crippen LogP contribution in [-0.4, -0.2) is 13.0 Å². The Morgan fingerprint density at radius 2 is 2.00 bits per heavy atom. The Hall–Kier alpha value is -2.26. The lowest BCUT2D eigenvalue weighted by Crippen LogP contribution is -2.24. The van der Waals surface area contributed by atoms with Gasteiger partial charge in [0.15, 0.2) is 0 Å². The lowest BCUT2D eigenvalue weighted by atomic mass is 10.1. The summed E-state index contributed by atoms with van der Waals surface area (Å²) in [4.78, 5) is 12.0. The Kier molecular flexibility index (Phi) is 5.61. The molecular formula is C18H18ClNO2. The average Bonchev–Trinajstić information content (AvgIpc) is 2.53. The van der Waals surface area contributed by atoms with Crippen molar-refractivity contribution in [3.8, 4) is 5.75 Å². The molecule has 0 fully saturated rings. The maximum Gasteiger partial charge on any atom is 0.244 e. The molecular weight excluding hydrogens is 298 g/mol. The number of hydrogen-bond donors (Lipinski definition) is 1. The number of hydrogen-bond acceptors (Lipinski definition) is 2. The van der Waals surface area contributed by atoms with Gasteiger partial charge in [0.05, 0.1) is 13.2 Å². The van der Waals surface area contributed by atoms with Crippen LogP contribution in [-0.2, 0) is 4.79 Å². The van der Waals surface area contributed by atoms with Crippen LogP contribution in [0.1, 0.15) is 24.1 Å². The quantitative estimate of drug-likeness (QED) is 0.838. The van der Waals surface area contributed by atoms with Crippen LogP contribution >= 0.6 is 11.6 Å². The molecule has 1 atom stereocenters. The van der Waals surface area contributed by atoms with E-state index in [9.17, 15) is 4.79 Å². The van der Waals surface area contributed by atoms with Gasteiger partial charge in [0.2, 0.25) is 5.91 Å². The highest BCUT2D eigenvalue weighted by Gasteiger charge is 2.10. The minimum Gasteiger partial charge on any atom is -0.497 e. The number of methoxy groups -OCH3 is 1. The van der Waals surface area contributed by atoms with Gasteiger partial charge in [-0.2, -0.15) is 0 Å². The Morgan fingerprint density at radius 1 is 1.23 bits per heavy atom. The second-order valence-corrected chi connectivity index (χ2v) is 5.27. The van der Waals surface area contributed by atoms with Crippen LogP contribution in [0, 0.1) is 0 Å². The molecule has 0 spiro atoms. The summed E-state index contributed by atoms with van der Waals surface area (Å²) < 4.78 is 5.15. The molecule has 1 unspecified atom stereocenters. The third-order valence-corrected chi connectivity index (χ3v) is 3.60. The molecule has 0 aliphatic rings. The van der Waals surface area contributed by atoms with Gasteiger partial charge >= 0.3 is 0 Å². The van der Waals surface area contributed by atoms with E-state index in [0.717, 1.165) is 16.9 Å². The molecule has 0 saturated heterocycles. The number of carbonyl (C=O) groups excluding carboxylic acids is 1. The highest BCUT2D eigenvalue weighted by Crippen LogP contribution is 2.22. The summed E-state index contributed by atoms with van der Waals surface area (Å²) in [6.07, 6.45) is 3.25. The highest BCUT2D eigenvalue weighted by atomic mass is 35.5. The van der Waals surface area contributed by atoms with Gasteiger partial charge < -0.3 is 10.1 Å². The number of benzene rings is 2. The SMILES string of the molecule is COc1cccc(/C=C/C(=O)NC(C)c2ccccc2Cl)c1. The first kappa shape index (κ1) is 16.1. The van der Waals surface area contributed by atoms with E-state index in [2.05, 4.69) is 5.32 Å². The van der Waals surface area contributed by atoms with Gasteiger partial charge in [0, 0.05) is 11.1 Å². The molecule has 22 heavy (non-hydrogen) atoms. The second kappa shape index (κ2) is 7.66. The molecule has 2 aromatic carbocycles. The smallest absolute Gasteiger partial charge is 0.244 e. The number of carbonyl (C=O) groups is 1. The molecule has 0 aliphatic heterocycles. The maximum absolute atomic E-state index is 12.0. The molecule has 114 valence electrons. The lowest BCUT2D eigenvalue weighted by Gasteiger charge is -2.14. The van der Waals surface area contributed by atoms with E-state index in [1.807, 2.05) is 55.5 Å². The number of amides is 1.